The number of benzene rings is 1. The lowest BCUT2D eigenvalue weighted by atomic mass is 9.88. The van der Waals surface area contributed by atoms with Crippen molar-refractivity contribution < 1.29 is 18.7 Å². The van der Waals surface area contributed by atoms with Gasteiger partial charge < -0.3 is 14.5 Å². The van der Waals surface area contributed by atoms with Crippen LogP contribution in [-0.4, -0.2) is 41.3 Å². The summed E-state index contributed by atoms with van der Waals surface area (Å²) in [5, 5.41) is 6.82. The van der Waals surface area contributed by atoms with Gasteiger partial charge >= 0.3 is 0 Å². The molecule has 3 aromatic rings. The average molecular weight is 438 g/mol. The second-order valence-corrected chi connectivity index (χ2v) is 8.78. The number of amides is 1. The number of fused-ring (bicyclic) bond motifs is 1. The van der Waals surface area contributed by atoms with Crippen LogP contribution in [0, 0.1) is 12.8 Å². The summed E-state index contributed by atoms with van der Waals surface area (Å²) < 4.78 is 11.2. The van der Waals surface area contributed by atoms with Crippen molar-refractivity contribution in [1.82, 2.24) is 9.88 Å². The standard InChI is InChI=1S/C23H23N3O4S/c1-14-19(25-23(30-14)17-6-9-31-13-17)11-26-7-4-15(5-8-26)22(28)16-2-3-20-18(10-16)24-21(27)12-29-20/h2-3,6,9-10,13,15H,4-5,7-8,11-12H2,1H3,(H,24,27). The molecule has 160 valence electrons. The van der Waals surface area contributed by atoms with Gasteiger partial charge in [0.15, 0.2) is 12.4 Å². The number of aromatic nitrogens is 1. The van der Waals surface area contributed by atoms with E-state index in [-0.39, 0.29) is 24.2 Å². The maximum absolute atomic E-state index is 13.0. The van der Waals surface area contributed by atoms with Gasteiger partial charge in [-0.3, -0.25) is 14.5 Å². The fourth-order valence-electron chi connectivity index (χ4n) is 4.12. The minimum absolute atomic E-state index is 0.0124. The first-order valence-corrected chi connectivity index (χ1v) is 11.3. The lowest BCUT2D eigenvalue weighted by Crippen LogP contribution is -2.36. The molecule has 31 heavy (non-hydrogen) atoms. The third-order valence-electron chi connectivity index (χ3n) is 5.89. The molecule has 1 aromatic carbocycles. The number of nitrogens with zero attached hydrogens (tertiary/aromatic N) is 2. The number of oxazole rings is 1. The molecular formula is C23H23N3O4S. The molecule has 1 saturated heterocycles. The smallest absolute Gasteiger partial charge is 0.262 e. The van der Waals surface area contributed by atoms with E-state index in [0.717, 1.165) is 49.5 Å². The van der Waals surface area contributed by atoms with Gasteiger partial charge in [0, 0.05) is 29.0 Å². The molecule has 0 bridgehead atoms. The largest absolute Gasteiger partial charge is 0.482 e. The number of hydrogen-bond donors (Lipinski definition) is 1. The SMILES string of the molecule is Cc1oc(-c2ccsc2)nc1CN1CCC(C(=O)c2ccc3c(c2)NC(=O)CO3)CC1. The third kappa shape index (κ3) is 4.13. The van der Waals surface area contributed by atoms with Crippen LogP contribution < -0.4 is 10.1 Å². The number of likely N-dealkylation sites (tertiary alicyclic amines) is 1. The molecular weight excluding hydrogens is 414 g/mol. The van der Waals surface area contributed by atoms with Crippen LogP contribution in [0.5, 0.6) is 5.75 Å². The Bertz CT molecular complexity index is 1110. The summed E-state index contributed by atoms with van der Waals surface area (Å²) in [5.41, 5.74) is 3.16. The first-order valence-electron chi connectivity index (χ1n) is 10.4. The van der Waals surface area contributed by atoms with E-state index < -0.39 is 0 Å². The summed E-state index contributed by atoms with van der Waals surface area (Å²) in [7, 11) is 0. The molecule has 0 saturated carbocycles. The van der Waals surface area contributed by atoms with Crippen LogP contribution in [0.4, 0.5) is 5.69 Å². The Kier molecular flexibility index (Phi) is 5.33. The van der Waals surface area contributed by atoms with E-state index >= 15 is 0 Å². The highest BCUT2D eigenvalue weighted by molar-refractivity contribution is 7.08. The molecule has 4 heterocycles. The Hall–Kier alpha value is -2.97. The van der Waals surface area contributed by atoms with Gasteiger partial charge in [-0.05, 0) is 62.5 Å². The summed E-state index contributed by atoms with van der Waals surface area (Å²) in [5.74, 6) is 2.03. The molecule has 2 aliphatic heterocycles. The molecule has 0 spiro atoms. The third-order valence-corrected chi connectivity index (χ3v) is 6.57. The second-order valence-electron chi connectivity index (χ2n) is 8.00. The average Bonchev–Trinajstić information content (AvgIpc) is 3.43. The summed E-state index contributed by atoms with van der Waals surface area (Å²) in [6.07, 6.45) is 1.60. The molecule has 1 fully saturated rings. The lowest BCUT2D eigenvalue weighted by molar-refractivity contribution is -0.118. The van der Waals surface area contributed by atoms with Gasteiger partial charge in [0.1, 0.15) is 11.5 Å². The maximum Gasteiger partial charge on any atom is 0.262 e. The first kappa shape index (κ1) is 20.0. The van der Waals surface area contributed by atoms with Crippen molar-refractivity contribution in [1.29, 1.82) is 0 Å². The number of carbonyl (C=O) groups excluding carboxylic acids is 2. The van der Waals surface area contributed by atoms with Gasteiger partial charge in [0.2, 0.25) is 5.89 Å². The molecule has 0 unspecified atom stereocenters. The minimum Gasteiger partial charge on any atom is -0.482 e. The molecule has 1 amide bonds. The van der Waals surface area contributed by atoms with Crippen molar-refractivity contribution in [2.24, 2.45) is 5.92 Å². The molecule has 0 aliphatic carbocycles. The first-order chi connectivity index (χ1) is 15.1. The molecule has 1 N–H and O–H groups in total. The number of hydrogen-bond acceptors (Lipinski definition) is 7. The number of ether oxygens (including phenoxy) is 1. The van der Waals surface area contributed by atoms with Gasteiger partial charge in [-0.25, -0.2) is 4.98 Å². The summed E-state index contributed by atoms with van der Waals surface area (Å²) in [6.45, 7) is 4.36. The Morgan fingerprint density at radius 1 is 1.29 bits per heavy atom. The number of ketones is 1. The van der Waals surface area contributed by atoms with Gasteiger partial charge in [-0.15, -0.1) is 0 Å². The number of rotatable bonds is 5. The predicted octanol–water partition coefficient (Wildman–Crippen LogP) is 4.14. The highest BCUT2D eigenvalue weighted by atomic mass is 32.1. The van der Waals surface area contributed by atoms with Crippen molar-refractivity contribution in [2.75, 3.05) is 25.0 Å². The van der Waals surface area contributed by atoms with E-state index in [0.29, 0.717) is 22.9 Å². The van der Waals surface area contributed by atoms with Crippen molar-refractivity contribution >= 4 is 28.7 Å². The zero-order valence-corrected chi connectivity index (χ0v) is 18.0. The van der Waals surface area contributed by atoms with Crippen LogP contribution in [0.15, 0.2) is 39.4 Å². The quantitative estimate of drug-likeness (QED) is 0.604. The zero-order chi connectivity index (χ0) is 21.4. The van der Waals surface area contributed by atoms with Crippen LogP contribution >= 0.6 is 11.3 Å². The Morgan fingerprint density at radius 3 is 2.90 bits per heavy atom. The van der Waals surface area contributed by atoms with E-state index in [4.69, 9.17) is 9.15 Å². The highest BCUT2D eigenvalue weighted by Crippen LogP contribution is 2.31. The number of Topliss-reactive ketones (excluding diaryl/α,β-unsaturated/α-hetero) is 1. The molecule has 7 nitrogen and oxygen atoms in total. The van der Waals surface area contributed by atoms with Crippen molar-refractivity contribution in [2.45, 2.75) is 26.3 Å². The van der Waals surface area contributed by atoms with Gasteiger partial charge in [-0.1, -0.05) is 0 Å². The Balaban J connectivity index is 1.20. The normalized spacial score (nSPS) is 17.1. The highest BCUT2D eigenvalue weighted by Gasteiger charge is 2.28. The minimum atomic E-state index is -0.198. The Labute approximate surface area is 184 Å². The Morgan fingerprint density at radius 2 is 2.13 bits per heavy atom. The van der Waals surface area contributed by atoms with E-state index in [1.165, 1.54) is 0 Å². The molecule has 8 heteroatoms. The number of thiophene rings is 1. The number of piperidine rings is 1. The molecule has 5 rings (SSSR count). The number of aryl methyl sites for hydroxylation is 1. The van der Waals surface area contributed by atoms with Crippen molar-refractivity contribution in [3.8, 4) is 17.2 Å². The van der Waals surface area contributed by atoms with Crippen LogP contribution in [0.25, 0.3) is 11.5 Å². The molecule has 0 radical (unpaired) electrons. The number of nitrogens with one attached hydrogen (secondary N) is 1. The zero-order valence-electron chi connectivity index (χ0n) is 17.2. The van der Waals surface area contributed by atoms with E-state index in [1.54, 1.807) is 29.5 Å². The van der Waals surface area contributed by atoms with Gasteiger partial charge in [0.05, 0.1) is 11.4 Å². The fourth-order valence-corrected chi connectivity index (χ4v) is 4.75. The van der Waals surface area contributed by atoms with Crippen molar-refractivity contribution in [3.05, 3.63) is 52.0 Å². The summed E-state index contributed by atoms with van der Waals surface area (Å²) >= 11 is 1.62. The van der Waals surface area contributed by atoms with E-state index in [2.05, 4.69) is 15.2 Å². The van der Waals surface area contributed by atoms with Crippen LogP contribution in [0.2, 0.25) is 0 Å². The van der Waals surface area contributed by atoms with Gasteiger partial charge in [-0.2, -0.15) is 11.3 Å². The maximum atomic E-state index is 13.0. The monoisotopic (exact) mass is 437 g/mol. The predicted molar refractivity (Wildman–Crippen MR) is 117 cm³/mol. The van der Waals surface area contributed by atoms with Crippen molar-refractivity contribution in [3.63, 3.8) is 0 Å². The van der Waals surface area contributed by atoms with Crippen LogP contribution in [0.1, 0.15) is 34.7 Å². The fraction of sp³-hybridized carbons (Fsp3) is 0.348. The second kappa shape index (κ2) is 8.28. The lowest BCUT2D eigenvalue weighted by Gasteiger charge is -2.31. The summed E-state index contributed by atoms with van der Waals surface area (Å²) in [6, 6.07) is 7.28. The van der Waals surface area contributed by atoms with E-state index in [9.17, 15) is 9.59 Å². The molecule has 0 atom stereocenters. The molecule has 2 aromatic heterocycles. The summed E-state index contributed by atoms with van der Waals surface area (Å²) in [4.78, 5) is 31.6. The van der Waals surface area contributed by atoms with Crippen LogP contribution in [-0.2, 0) is 11.3 Å². The number of anilines is 1. The molecule has 2 aliphatic rings. The van der Waals surface area contributed by atoms with E-state index in [1.807, 2.05) is 23.8 Å². The van der Waals surface area contributed by atoms with Crippen LogP contribution in [0.3, 0.4) is 0 Å². The number of carbonyl (C=O) groups is 2. The van der Waals surface area contributed by atoms with Gasteiger partial charge in [0.25, 0.3) is 5.91 Å². The topological polar surface area (TPSA) is 84.7 Å².